The van der Waals surface area contributed by atoms with Crippen LogP contribution in [0.1, 0.15) is 44.2 Å². The van der Waals surface area contributed by atoms with Crippen molar-refractivity contribution in [1.82, 2.24) is 24.8 Å². The largest absolute Gasteiger partial charge is 0.427 e. The number of carbonyl (C=O) groups excluding carboxylic acids is 4. The molecule has 4 bridgehead atoms. The molecule has 46 heavy (non-hydrogen) atoms. The quantitative estimate of drug-likeness (QED) is 0.0868. The van der Waals surface area contributed by atoms with Gasteiger partial charge in [-0.1, -0.05) is 9.64 Å². The maximum Gasteiger partial charge on any atom is 0.357 e. The van der Waals surface area contributed by atoms with Gasteiger partial charge in [-0.25, -0.2) is 9.78 Å². The van der Waals surface area contributed by atoms with Crippen molar-refractivity contribution in [2.45, 2.75) is 54.1 Å². The number of nitrogen functional groups attached to an aromatic ring is 1. The predicted octanol–water partition coefficient (Wildman–Crippen LogP) is 2.63. The Morgan fingerprint density at radius 2 is 1.91 bits per heavy atom. The number of ether oxygens (including phenoxy) is 2. The molecule has 2 atom stereocenters. The van der Waals surface area contributed by atoms with Crippen molar-refractivity contribution >= 4 is 81.0 Å². The summed E-state index contributed by atoms with van der Waals surface area (Å²) in [6.07, 6.45) is 7.73. The molecule has 2 amide bonds. The zero-order valence-electron chi connectivity index (χ0n) is 24.7. The first-order valence-corrected chi connectivity index (χ1v) is 18.5. The molecule has 4 heterocycles. The fourth-order valence-electron chi connectivity index (χ4n) is 7.78. The Kier molecular flexibility index (Phi) is 8.71. The summed E-state index contributed by atoms with van der Waals surface area (Å²) >= 11 is 5.22. The first-order valence-electron chi connectivity index (χ1n) is 14.8. The standard InChI is InChI=1S/C28H31N7O7S4/c1-40-33-19(17-11-45-27(29)31-17)22(36)32-20-23(37)35-21(16(10-44-24(20)35)9-43-18-8-30-34-46-18)25(38)41-12-42-26(39)28-5-13-2-14(6-28)4-15(3-13)7-28/h8,11,13-15,20,24H,2-7,9-10,12H2,1H3,(H2,29,31)(H,32,36)/b33-19-/t13?,14?,15?,20-,24-,28?/m1/s1. The molecule has 8 rings (SSSR count). The smallest absolute Gasteiger partial charge is 0.357 e. The SMILES string of the molecule is CO/N=C(\C(=O)N[C@@H]1C(=O)N2C(C(=O)OCOC(=O)C34CC5CC(CC(C5)C3)C4)=C(CSc3cnns3)CS[C@H]12)c1csc(N)n1. The van der Waals surface area contributed by atoms with Crippen LogP contribution >= 0.6 is 46.4 Å². The second-order valence-corrected chi connectivity index (χ2v) is 16.3. The lowest BCUT2D eigenvalue weighted by Crippen LogP contribution is -2.71. The average Bonchev–Trinajstić information content (AvgIpc) is 3.72. The average molecular weight is 706 g/mol. The number of nitrogens with two attached hydrogens (primary N) is 1. The first kappa shape index (κ1) is 31.4. The number of oxime groups is 1. The van der Waals surface area contributed by atoms with E-state index in [1.807, 2.05) is 0 Å². The number of β-lactam (4-membered cyclic amide) rings is 1. The van der Waals surface area contributed by atoms with Crippen LogP contribution in [0, 0.1) is 23.2 Å². The van der Waals surface area contributed by atoms with Gasteiger partial charge in [-0.3, -0.25) is 19.3 Å². The van der Waals surface area contributed by atoms with Gasteiger partial charge in [-0.05, 0) is 73.4 Å². The Balaban J connectivity index is 1.04. The molecular formula is C28H31N7O7S4. The fraction of sp³-hybridized carbons (Fsp3) is 0.571. The van der Waals surface area contributed by atoms with Gasteiger partial charge in [0, 0.05) is 16.9 Å². The van der Waals surface area contributed by atoms with E-state index in [-0.39, 0.29) is 28.2 Å². The second kappa shape index (κ2) is 12.8. The normalized spacial score (nSPS) is 29.7. The molecular weight excluding hydrogens is 675 g/mol. The summed E-state index contributed by atoms with van der Waals surface area (Å²) in [6, 6.07) is -0.938. The van der Waals surface area contributed by atoms with Gasteiger partial charge in [0.2, 0.25) is 6.79 Å². The van der Waals surface area contributed by atoms with Crippen LogP contribution in [0.3, 0.4) is 0 Å². The zero-order valence-corrected chi connectivity index (χ0v) is 28.0. The number of anilines is 1. The molecule has 14 nitrogen and oxygen atoms in total. The third-order valence-electron chi connectivity index (χ3n) is 9.27. The molecule has 0 aromatic carbocycles. The van der Waals surface area contributed by atoms with E-state index in [2.05, 4.69) is 25.0 Å². The van der Waals surface area contributed by atoms with Crippen molar-refractivity contribution in [3.8, 4) is 0 Å². The number of amides is 2. The van der Waals surface area contributed by atoms with Crippen LogP contribution in [-0.4, -0.2) is 85.8 Å². The molecule has 0 unspecified atom stereocenters. The molecule has 2 aromatic heterocycles. The van der Waals surface area contributed by atoms with Crippen molar-refractivity contribution in [1.29, 1.82) is 0 Å². The van der Waals surface area contributed by atoms with E-state index in [4.69, 9.17) is 20.0 Å². The number of thioether (sulfide) groups is 2. The lowest BCUT2D eigenvalue weighted by Gasteiger charge is -2.55. The van der Waals surface area contributed by atoms with Crippen LogP contribution < -0.4 is 11.1 Å². The molecule has 244 valence electrons. The summed E-state index contributed by atoms with van der Waals surface area (Å²) in [7, 11) is 1.29. The molecule has 4 saturated carbocycles. The molecule has 1 saturated heterocycles. The molecule has 0 spiro atoms. The number of nitrogens with zero attached hydrogens (tertiary/aromatic N) is 5. The highest BCUT2D eigenvalue weighted by Gasteiger charge is 2.56. The molecule has 6 aliphatic rings. The van der Waals surface area contributed by atoms with Gasteiger partial charge in [-0.15, -0.1) is 40.0 Å². The van der Waals surface area contributed by atoms with Crippen molar-refractivity contribution in [3.63, 3.8) is 0 Å². The lowest BCUT2D eigenvalue weighted by atomic mass is 9.49. The summed E-state index contributed by atoms with van der Waals surface area (Å²) in [4.78, 5) is 63.9. The summed E-state index contributed by atoms with van der Waals surface area (Å²) in [6.45, 7) is -0.532. The minimum Gasteiger partial charge on any atom is -0.427 e. The summed E-state index contributed by atoms with van der Waals surface area (Å²) in [5, 5.41) is 11.6. The Morgan fingerprint density at radius 3 is 2.54 bits per heavy atom. The van der Waals surface area contributed by atoms with Crippen molar-refractivity contribution < 1.29 is 33.5 Å². The van der Waals surface area contributed by atoms with E-state index >= 15 is 0 Å². The Bertz CT molecular complexity index is 1570. The van der Waals surface area contributed by atoms with E-state index in [0.717, 1.165) is 34.8 Å². The third-order valence-corrected chi connectivity index (χ3v) is 13.2. The number of carbonyl (C=O) groups is 4. The number of aromatic nitrogens is 3. The summed E-state index contributed by atoms with van der Waals surface area (Å²) in [5.41, 5.74) is 6.09. The van der Waals surface area contributed by atoms with Gasteiger partial charge in [-0.2, -0.15) is 0 Å². The van der Waals surface area contributed by atoms with Crippen LogP contribution in [0.2, 0.25) is 0 Å². The number of nitrogens with one attached hydrogen (secondary N) is 1. The summed E-state index contributed by atoms with van der Waals surface area (Å²) < 4.78 is 15.8. The highest BCUT2D eigenvalue weighted by atomic mass is 32.2. The monoisotopic (exact) mass is 705 g/mol. The van der Waals surface area contributed by atoms with Gasteiger partial charge < -0.3 is 25.4 Å². The number of hydrogen-bond donors (Lipinski definition) is 2. The number of esters is 2. The Morgan fingerprint density at radius 1 is 1.17 bits per heavy atom. The van der Waals surface area contributed by atoms with E-state index in [1.54, 1.807) is 11.6 Å². The van der Waals surface area contributed by atoms with Crippen molar-refractivity contribution in [2.75, 3.05) is 31.1 Å². The predicted molar refractivity (Wildman–Crippen MR) is 170 cm³/mol. The van der Waals surface area contributed by atoms with Crippen LogP contribution in [0.15, 0.2) is 32.2 Å². The third kappa shape index (κ3) is 5.88. The van der Waals surface area contributed by atoms with Crippen LogP contribution in [0.4, 0.5) is 5.13 Å². The molecule has 0 radical (unpaired) electrons. The number of hydrogen-bond acceptors (Lipinski definition) is 16. The molecule has 4 aliphatic carbocycles. The Labute approximate surface area is 280 Å². The van der Waals surface area contributed by atoms with E-state index in [1.165, 1.54) is 66.3 Å². The van der Waals surface area contributed by atoms with Crippen LogP contribution in [0.25, 0.3) is 0 Å². The van der Waals surface area contributed by atoms with Gasteiger partial charge in [0.25, 0.3) is 11.8 Å². The lowest BCUT2D eigenvalue weighted by molar-refractivity contribution is -0.186. The first-order chi connectivity index (χ1) is 22.2. The number of thiazole rings is 1. The minimum absolute atomic E-state index is 0.0909. The van der Waals surface area contributed by atoms with Crippen LogP contribution in [0.5, 0.6) is 0 Å². The minimum atomic E-state index is -0.938. The maximum atomic E-state index is 13.6. The molecule has 18 heteroatoms. The number of rotatable bonds is 11. The highest BCUT2D eigenvalue weighted by molar-refractivity contribution is 8.01. The molecule has 5 fully saturated rings. The van der Waals surface area contributed by atoms with E-state index < -0.39 is 41.4 Å². The second-order valence-electron chi connectivity index (χ2n) is 12.2. The van der Waals surface area contributed by atoms with E-state index in [0.29, 0.717) is 34.8 Å². The van der Waals surface area contributed by atoms with Crippen molar-refractivity contribution in [3.05, 3.63) is 28.5 Å². The summed E-state index contributed by atoms with van der Waals surface area (Å²) in [5.74, 6) is 0.278. The topological polar surface area (TPSA) is 188 Å². The van der Waals surface area contributed by atoms with Gasteiger partial charge in [0.05, 0.1) is 11.6 Å². The number of fused-ring (bicyclic) bond motifs is 1. The molecule has 2 aromatic rings. The zero-order chi connectivity index (χ0) is 32.0. The Hall–Kier alpha value is -3.22. The van der Waals surface area contributed by atoms with Gasteiger partial charge in [0.1, 0.15) is 34.1 Å². The highest BCUT2D eigenvalue weighted by Crippen LogP contribution is 2.60. The van der Waals surface area contributed by atoms with Crippen molar-refractivity contribution in [2.24, 2.45) is 28.3 Å². The van der Waals surface area contributed by atoms with Gasteiger partial charge in [0.15, 0.2) is 10.8 Å². The van der Waals surface area contributed by atoms with Gasteiger partial charge >= 0.3 is 11.9 Å². The molecule has 3 N–H and O–H groups in total. The maximum absolute atomic E-state index is 13.6. The molecule has 2 aliphatic heterocycles. The fourth-order valence-corrected chi connectivity index (χ4v) is 11.2. The van der Waals surface area contributed by atoms with E-state index in [9.17, 15) is 19.2 Å². The van der Waals surface area contributed by atoms with Crippen LogP contribution in [-0.2, 0) is 33.5 Å².